The van der Waals surface area contributed by atoms with Crippen LogP contribution in [-0.2, 0) is 30.9 Å². The van der Waals surface area contributed by atoms with E-state index in [4.69, 9.17) is 9.47 Å². The zero-order valence-corrected chi connectivity index (χ0v) is 17.1. The number of amides is 1. The van der Waals surface area contributed by atoms with Crippen LogP contribution in [0.25, 0.3) is 0 Å². The van der Waals surface area contributed by atoms with Crippen molar-refractivity contribution in [3.05, 3.63) is 60.2 Å². The number of nitrogens with one attached hydrogen (secondary N) is 1. The highest BCUT2D eigenvalue weighted by molar-refractivity contribution is 7.89. The van der Waals surface area contributed by atoms with Crippen molar-refractivity contribution in [3.63, 3.8) is 0 Å². The fraction of sp³-hybridized carbons (Fsp3) is 0.300. The molecule has 156 valence electrons. The van der Waals surface area contributed by atoms with Crippen LogP contribution in [0, 0.1) is 0 Å². The number of carbonyl (C=O) groups excluding carboxylic acids is 2. The lowest BCUT2D eigenvalue weighted by atomic mass is 10.2. The Morgan fingerprint density at radius 1 is 1.00 bits per heavy atom. The molecule has 9 heteroatoms. The third-order valence-corrected chi connectivity index (χ3v) is 5.81. The van der Waals surface area contributed by atoms with Crippen LogP contribution in [0.5, 0.6) is 5.75 Å². The molecule has 0 saturated carbocycles. The van der Waals surface area contributed by atoms with Crippen LogP contribution in [0.15, 0.2) is 59.5 Å². The van der Waals surface area contributed by atoms with Gasteiger partial charge >= 0.3 is 5.97 Å². The molecule has 8 nitrogen and oxygen atoms in total. The second kappa shape index (κ2) is 10.6. The first-order valence-corrected chi connectivity index (χ1v) is 10.4. The smallest absolute Gasteiger partial charge is 0.309 e. The molecule has 1 N–H and O–H groups in total. The van der Waals surface area contributed by atoms with E-state index in [-0.39, 0.29) is 24.5 Å². The number of rotatable bonds is 10. The maximum Gasteiger partial charge on any atom is 0.309 e. The van der Waals surface area contributed by atoms with Crippen molar-refractivity contribution in [3.8, 4) is 5.75 Å². The van der Waals surface area contributed by atoms with Crippen molar-refractivity contribution in [1.29, 1.82) is 0 Å². The Bertz CT molecular complexity index is 929. The van der Waals surface area contributed by atoms with Gasteiger partial charge in [0.1, 0.15) is 5.75 Å². The molecule has 1 amide bonds. The summed E-state index contributed by atoms with van der Waals surface area (Å²) in [7, 11) is -0.759. The number of sulfonamides is 1. The van der Waals surface area contributed by atoms with Gasteiger partial charge in [0.2, 0.25) is 10.0 Å². The summed E-state index contributed by atoms with van der Waals surface area (Å²) in [6.07, 6.45) is 0.00604. The Kier molecular flexibility index (Phi) is 8.17. The summed E-state index contributed by atoms with van der Waals surface area (Å²) >= 11 is 0. The van der Waals surface area contributed by atoms with Crippen LogP contribution in [-0.4, -0.2) is 51.9 Å². The molecule has 2 aromatic rings. The Balaban J connectivity index is 1.77. The predicted molar refractivity (Wildman–Crippen MR) is 107 cm³/mol. The number of hydrogen-bond acceptors (Lipinski definition) is 6. The lowest BCUT2D eigenvalue weighted by Gasteiger charge is -2.15. The van der Waals surface area contributed by atoms with Crippen LogP contribution in [0.2, 0.25) is 0 Å². The molecule has 0 spiro atoms. The average molecular weight is 420 g/mol. The van der Waals surface area contributed by atoms with Gasteiger partial charge in [-0.15, -0.1) is 0 Å². The predicted octanol–water partition coefficient (Wildman–Crippen LogP) is 1.57. The van der Waals surface area contributed by atoms with Crippen molar-refractivity contribution in [2.24, 2.45) is 0 Å². The summed E-state index contributed by atoms with van der Waals surface area (Å²) in [5.41, 5.74) is 0.442. The SMILES string of the molecule is CN(C)S(=O)(=O)c1ccccc1CNC(=O)COC(=O)CCOc1ccccc1. The average Bonchev–Trinajstić information content (AvgIpc) is 2.71. The molecule has 29 heavy (non-hydrogen) atoms. The molecule has 0 bridgehead atoms. The van der Waals surface area contributed by atoms with Crippen LogP contribution in [0.3, 0.4) is 0 Å². The maximum atomic E-state index is 12.3. The van der Waals surface area contributed by atoms with Gasteiger partial charge in [-0.25, -0.2) is 12.7 Å². The molecule has 0 saturated heterocycles. The number of benzene rings is 2. The summed E-state index contributed by atoms with van der Waals surface area (Å²) in [5.74, 6) is -0.449. The number of esters is 1. The van der Waals surface area contributed by atoms with E-state index in [0.29, 0.717) is 11.3 Å². The van der Waals surface area contributed by atoms with Gasteiger partial charge in [-0.3, -0.25) is 9.59 Å². The summed E-state index contributed by atoms with van der Waals surface area (Å²) in [5, 5.41) is 2.56. The molecule has 0 aliphatic heterocycles. The van der Waals surface area contributed by atoms with E-state index >= 15 is 0 Å². The minimum atomic E-state index is -3.63. The highest BCUT2D eigenvalue weighted by Gasteiger charge is 2.20. The van der Waals surface area contributed by atoms with Crippen LogP contribution in [0.4, 0.5) is 0 Å². The van der Waals surface area contributed by atoms with Gasteiger partial charge in [-0.05, 0) is 23.8 Å². The second-order valence-electron chi connectivity index (χ2n) is 6.24. The third kappa shape index (κ3) is 6.88. The van der Waals surface area contributed by atoms with E-state index in [2.05, 4.69) is 5.32 Å². The van der Waals surface area contributed by atoms with Crippen LogP contribution < -0.4 is 10.1 Å². The fourth-order valence-electron chi connectivity index (χ4n) is 2.33. The minimum Gasteiger partial charge on any atom is -0.493 e. The van der Waals surface area contributed by atoms with Crippen molar-refractivity contribution >= 4 is 21.9 Å². The van der Waals surface area contributed by atoms with Gasteiger partial charge in [-0.1, -0.05) is 36.4 Å². The van der Waals surface area contributed by atoms with Gasteiger partial charge in [0.25, 0.3) is 5.91 Å². The number of hydrogen-bond donors (Lipinski definition) is 1. The van der Waals surface area contributed by atoms with Crippen molar-refractivity contribution < 1.29 is 27.5 Å². The number of carbonyl (C=O) groups is 2. The van der Waals surface area contributed by atoms with Gasteiger partial charge in [0.15, 0.2) is 6.61 Å². The minimum absolute atomic E-state index is 0.00323. The number of para-hydroxylation sites is 1. The quantitative estimate of drug-likeness (QED) is 0.586. The van der Waals surface area contributed by atoms with Crippen molar-refractivity contribution in [2.75, 3.05) is 27.3 Å². The highest BCUT2D eigenvalue weighted by atomic mass is 32.2. The van der Waals surface area contributed by atoms with Crippen LogP contribution >= 0.6 is 0 Å². The van der Waals surface area contributed by atoms with E-state index in [9.17, 15) is 18.0 Å². The zero-order valence-electron chi connectivity index (χ0n) is 16.3. The van der Waals surface area contributed by atoms with E-state index in [1.165, 1.54) is 20.2 Å². The summed E-state index contributed by atoms with van der Waals surface area (Å²) < 4.78 is 36.1. The van der Waals surface area contributed by atoms with Gasteiger partial charge in [0, 0.05) is 20.6 Å². The summed E-state index contributed by atoms with van der Waals surface area (Å²) in [4.78, 5) is 23.7. The van der Waals surface area contributed by atoms with Gasteiger partial charge in [-0.2, -0.15) is 0 Å². The molecule has 2 rings (SSSR count). The normalized spacial score (nSPS) is 11.1. The Morgan fingerprint density at radius 2 is 1.66 bits per heavy atom. The van der Waals surface area contributed by atoms with Crippen molar-refractivity contribution in [1.82, 2.24) is 9.62 Å². The zero-order chi connectivity index (χ0) is 21.3. The molecule has 2 aromatic carbocycles. The third-order valence-electron chi connectivity index (χ3n) is 3.89. The molecule has 0 atom stereocenters. The molecule has 0 heterocycles. The molecule has 0 radical (unpaired) electrons. The molecule has 0 aromatic heterocycles. The Morgan fingerprint density at radius 3 is 2.34 bits per heavy atom. The molecular weight excluding hydrogens is 396 g/mol. The number of ether oxygens (including phenoxy) is 2. The lowest BCUT2D eigenvalue weighted by molar-refractivity contribution is -0.149. The standard InChI is InChI=1S/C20H24N2O6S/c1-22(2)29(25,26)18-11-7-6-8-16(18)14-21-19(23)15-28-20(24)12-13-27-17-9-4-3-5-10-17/h3-11H,12-15H2,1-2H3,(H,21,23). The molecule has 0 aliphatic rings. The number of nitrogens with zero attached hydrogens (tertiary/aromatic N) is 1. The summed E-state index contributed by atoms with van der Waals surface area (Å²) in [6, 6.07) is 15.4. The maximum absolute atomic E-state index is 12.3. The Hall–Kier alpha value is -2.91. The molecular formula is C20H24N2O6S. The lowest BCUT2D eigenvalue weighted by Crippen LogP contribution is -2.30. The van der Waals surface area contributed by atoms with E-state index in [1.807, 2.05) is 18.2 Å². The topological polar surface area (TPSA) is 102 Å². The van der Waals surface area contributed by atoms with Gasteiger partial charge < -0.3 is 14.8 Å². The largest absolute Gasteiger partial charge is 0.493 e. The van der Waals surface area contributed by atoms with Gasteiger partial charge in [0.05, 0.1) is 17.9 Å². The molecule has 0 fully saturated rings. The van der Waals surface area contributed by atoms with Crippen molar-refractivity contribution in [2.45, 2.75) is 17.9 Å². The monoisotopic (exact) mass is 420 g/mol. The molecule has 0 unspecified atom stereocenters. The first kappa shape index (κ1) is 22.4. The first-order chi connectivity index (χ1) is 13.8. The van der Waals surface area contributed by atoms with Crippen LogP contribution in [0.1, 0.15) is 12.0 Å². The van der Waals surface area contributed by atoms with E-state index in [1.54, 1.807) is 30.3 Å². The first-order valence-electron chi connectivity index (χ1n) is 8.91. The van der Waals surface area contributed by atoms with E-state index in [0.717, 1.165) is 4.31 Å². The van der Waals surface area contributed by atoms with E-state index < -0.39 is 28.5 Å². The second-order valence-corrected chi connectivity index (χ2v) is 8.36. The molecule has 0 aliphatic carbocycles. The highest BCUT2D eigenvalue weighted by Crippen LogP contribution is 2.18. The summed E-state index contributed by atoms with van der Waals surface area (Å²) in [6.45, 7) is -0.316. The fourth-order valence-corrected chi connectivity index (χ4v) is 3.45. The Labute approximate surface area is 170 Å².